The number of halogens is 1. The van der Waals surface area contributed by atoms with Gasteiger partial charge in [-0.1, -0.05) is 123 Å². The Hall–Kier alpha value is -10.9. The standard InChI is InChI=1S/C76H93ClN14O13/c1-44(2)35-59(68(97)84-58(15-9-33-81-76(79)80)75(104)91-34-10-16-65(91)67(96)31-32-78)85-70(99)61(38-47-20-27-54(94)28-21-47)87-71(100)63(39-48-22-29-55(95)30-23-48)88-73(102)66(43-92)90(4)74(103)64(41-52-42-82-57-14-8-7-13-56(52)57)89-72(101)62(37-46-18-25-53(77)26-19-46)86-69(98)60(83-45(3)93)40-49-17-24-50-11-5-6-12-51(50)36-49/h5-8,11-14,17-30,36,42,44,58-66,82,92,94-95H,9-10,15-16,31-35,37-41,43,78H2,1-4H3,(H,83,93)(H,84,97)(H,85,99)(H,86,98)(H,87,100)(H,88,102)(H,89,101)(H4,79,80,81)/t58-,59-,60+,61+,62+,63-,64+,65-,66-/m0/s1. The van der Waals surface area contributed by atoms with E-state index in [9.17, 15) is 39.3 Å². The second-order valence-electron chi connectivity index (χ2n) is 26.6. The number of likely N-dealkylation sites (N-methyl/N-ethyl adjacent to an activating group) is 1. The number of aliphatic hydroxyl groups is 1. The van der Waals surface area contributed by atoms with Crippen LogP contribution in [0.3, 0.4) is 0 Å². The van der Waals surface area contributed by atoms with E-state index in [1.807, 2.05) is 48.5 Å². The average Bonchev–Trinajstić information content (AvgIpc) is 1.55. The van der Waals surface area contributed by atoms with Gasteiger partial charge in [-0.3, -0.25) is 53.4 Å². The number of nitrogens with one attached hydrogen (secondary N) is 10. The number of aromatic amines is 1. The number of Topliss-reactive ketones (excluding diaryl/α,β-unsaturated/α-hetero) is 1. The molecule has 9 amide bonds. The van der Waals surface area contributed by atoms with Crippen LogP contribution in [0.15, 0.2) is 146 Å². The number of aromatic hydroxyl groups is 2. The van der Waals surface area contributed by atoms with Crippen molar-refractivity contribution in [3.8, 4) is 11.5 Å². The largest absolute Gasteiger partial charge is 0.508 e. The molecule has 6 aromatic carbocycles. The third-order valence-corrected chi connectivity index (χ3v) is 18.4. The third-order valence-electron chi connectivity index (χ3n) is 18.2. The molecule has 7 aromatic rings. The first-order chi connectivity index (χ1) is 49.8. The normalized spacial score (nSPS) is 15.0. The molecule has 0 saturated carbocycles. The highest BCUT2D eigenvalue weighted by Crippen LogP contribution is 2.25. The summed E-state index contributed by atoms with van der Waals surface area (Å²) in [6, 6.07) is 26.1. The van der Waals surface area contributed by atoms with Crippen molar-refractivity contribution in [2.75, 3.05) is 33.3 Å². The molecule has 1 saturated heterocycles. The Bertz CT molecular complexity index is 4180. The number of nitrogens with two attached hydrogens (primary N) is 2. The van der Waals surface area contributed by atoms with Gasteiger partial charge in [0.15, 0.2) is 11.7 Å². The molecular weight excluding hydrogens is 1350 g/mol. The number of para-hydroxylation sites is 1. The number of hydrogen-bond donors (Lipinski definition) is 15. The molecular formula is C76H93ClN14O13. The van der Waals surface area contributed by atoms with E-state index in [1.165, 1.54) is 67.4 Å². The van der Waals surface area contributed by atoms with Crippen LogP contribution >= 0.6 is 11.6 Å². The number of guanidine groups is 1. The highest BCUT2D eigenvalue weighted by Gasteiger charge is 2.40. The fraction of sp³-hybridized carbons (Fsp3) is 0.382. The Kier molecular flexibility index (Phi) is 28.7. The molecule has 552 valence electrons. The van der Waals surface area contributed by atoms with Crippen LogP contribution in [0, 0.1) is 11.3 Å². The first-order valence-corrected chi connectivity index (χ1v) is 35.1. The number of aliphatic hydroxyl groups excluding tert-OH is 1. The van der Waals surface area contributed by atoms with Crippen LogP contribution in [0.4, 0.5) is 0 Å². The van der Waals surface area contributed by atoms with Crippen molar-refractivity contribution in [1.29, 1.82) is 5.41 Å². The van der Waals surface area contributed by atoms with Gasteiger partial charge < -0.3 is 84.1 Å². The zero-order valence-corrected chi connectivity index (χ0v) is 59.3. The molecule has 27 nitrogen and oxygen atoms in total. The molecule has 28 heteroatoms. The number of benzene rings is 6. The molecule has 1 aliphatic rings. The quantitative estimate of drug-likeness (QED) is 0.0152. The molecule has 8 rings (SSSR count). The number of phenols is 2. The zero-order chi connectivity index (χ0) is 75.1. The Balaban J connectivity index is 1.07. The van der Waals surface area contributed by atoms with Crippen molar-refractivity contribution in [3.05, 3.63) is 179 Å². The van der Waals surface area contributed by atoms with E-state index in [-0.39, 0.29) is 107 Å². The predicted octanol–water partition coefficient (Wildman–Crippen LogP) is 3.35. The second-order valence-corrected chi connectivity index (χ2v) is 27.0. The fourth-order valence-corrected chi connectivity index (χ4v) is 12.9. The van der Waals surface area contributed by atoms with Crippen molar-refractivity contribution in [1.82, 2.24) is 57.3 Å². The van der Waals surface area contributed by atoms with Crippen molar-refractivity contribution < 1.29 is 63.3 Å². The number of rotatable bonds is 36. The van der Waals surface area contributed by atoms with Gasteiger partial charge in [0.05, 0.1) is 12.6 Å². The number of amides is 9. The summed E-state index contributed by atoms with van der Waals surface area (Å²) < 4.78 is 0. The van der Waals surface area contributed by atoms with E-state index in [0.717, 1.165) is 15.7 Å². The molecule has 9 atom stereocenters. The lowest BCUT2D eigenvalue weighted by Crippen LogP contribution is -2.62. The number of ketones is 1. The highest BCUT2D eigenvalue weighted by atomic mass is 35.5. The lowest BCUT2D eigenvalue weighted by molar-refractivity contribution is -0.144. The smallest absolute Gasteiger partial charge is 0.245 e. The molecule has 104 heavy (non-hydrogen) atoms. The molecule has 0 bridgehead atoms. The average molecular weight is 1450 g/mol. The summed E-state index contributed by atoms with van der Waals surface area (Å²) in [5.74, 6) is -8.18. The van der Waals surface area contributed by atoms with Gasteiger partial charge in [-0.05, 0) is 126 Å². The SMILES string of the molecule is CC(=O)N[C@H](Cc1ccc2ccccc2c1)C(=O)N[C@H](Cc1ccc(Cl)cc1)C(=O)N[C@H](Cc1c[nH]c2ccccc12)C(=O)N(C)[C@@H](CO)C(=O)N[C@@H](Cc1ccc(O)cc1)C(=O)N[C@H](Cc1ccc(O)cc1)C(=O)N[C@@H](CC(C)C)C(=O)N[C@@H](CCCNC(=N)N)C(=O)N1CCC[C@H]1C(=O)CCN. The molecule has 1 fully saturated rings. The summed E-state index contributed by atoms with van der Waals surface area (Å²) in [6.07, 6.45) is 2.10. The maximum absolute atomic E-state index is 15.4. The number of fused-ring (bicyclic) bond motifs is 2. The number of likely N-dealkylation sites (tertiary alicyclic amines) is 1. The van der Waals surface area contributed by atoms with E-state index >= 15 is 24.0 Å². The summed E-state index contributed by atoms with van der Waals surface area (Å²) in [5.41, 5.74) is 14.6. The Labute approximate surface area is 607 Å². The van der Waals surface area contributed by atoms with Crippen molar-refractivity contribution in [2.24, 2.45) is 17.4 Å². The Morgan fingerprint density at radius 2 is 1.11 bits per heavy atom. The van der Waals surface area contributed by atoms with Gasteiger partial charge >= 0.3 is 0 Å². The van der Waals surface area contributed by atoms with Gasteiger partial charge in [-0.2, -0.15) is 0 Å². The number of carbonyl (C=O) groups excluding carboxylic acids is 10. The number of hydrogen-bond acceptors (Lipinski definition) is 15. The van der Waals surface area contributed by atoms with E-state index < -0.39 is 114 Å². The fourth-order valence-electron chi connectivity index (χ4n) is 12.8. The van der Waals surface area contributed by atoms with Crippen molar-refractivity contribution >= 4 is 98.2 Å². The topological polar surface area (TPSA) is 426 Å². The lowest BCUT2D eigenvalue weighted by atomic mass is 9.99. The zero-order valence-electron chi connectivity index (χ0n) is 58.6. The van der Waals surface area contributed by atoms with E-state index in [4.69, 9.17) is 28.5 Å². The summed E-state index contributed by atoms with van der Waals surface area (Å²) in [7, 11) is 1.23. The van der Waals surface area contributed by atoms with Crippen molar-refractivity contribution in [3.63, 3.8) is 0 Å². The lowest BCUT2D eigenvalue weighted by Gasteiger charge is -2.32. The van der Waals surface area contributed by atoms with Gasteiger partial charge in [0.1, 0.15) is 59.8 Å². The van der Waals surface area contributed by atoms with Gasteiger partial charge in [-0.15, -0.1) is 0 Å². The molecule has 1 aromatic heterocycles. The molecule has 0 unspecified atom stereocenters. The summed E-state index contributed by atoms with van der Waals surface area (Å²) in [4.78, 5) is 151. The molecule has 0 spiro atoms. The minimum Gasteiger partial charge on any atom is -0.508 e. The van der Waals surface area contributed by atoms with Gasteiger partial charge in [0.2, 0.25) is 53.2 Å². The first-order valence-electron chi connectivity index (χ1n) is 34.7. The molecule has 0 aliphatic carbocycles. The summed E-state index contributed by atoms with van der Waals surface area (Å²) in [6.45, 7) is 4.33. The van der Waals surface area contributed by atoms with Crippen LogP contribution in [0.5, 0.6) is 11.5 Å². The third kappa shape index (κ3) is 22.5. The van der Waals surface area contributed by atoms with Crippen LogP contribution < -0.4 is 54.0 Å². The number of carbonyl (C=O) groups is 10. The number of aromatic nitrogens is 1. The highest BCUT2D eigenvalue weighted by molar-refractivity contribution is 6.30. The number of nitrogens with zero attached hydrogens (tertiary/aromatic N) is 2. The van der Waals surface area contributed by atoms with Gasteiger partial charge in [0, 0.05) is 87.7 Å². The Morgan fingerprint density at radius 3 is 1.66 bits per heavy atom. The minimum atomic E-state index is -1.78. The predicted molar refractivity (Wildman–Crippen MR) is 393 cm³/mol. The molecule has 0 radical (unpaired) electrons. The van der Waals surface area contributed by atoms with Crippen molar-refractivity contribution in [2.45, 2.75) is 146 Å². The monoisotopic (exact) mass is 1440 g/mol. The van der Waals surface area contributed by atoms with E-state index in [0.29, 0.717) is 56.6 Å². The van der Waals surface area contributed by atoms with Crippen LogP contribution in [0.2, 0.25) is 5.02 Å². The van der Waals surface area contributed by atoms with Gasteiger partial charge in [0.25, 0.3) is 0 Å². The van der Waals surface area contributed by atoms with Gasteiger partial charge in [-0.25, -0.2) is 0 Å². The van der Waals surface area contributed by atoms with Crippen LogP contribution in [-0.4, -0.2) is 183 Å². The first kappa shape index (κ1) is 78.8. The molecule has 17 N–H and O–H groups in total. The van der Waals surface area contributed by atoms with Crippen LogP contribution in [0.25, 0.3) is 21.7 Å². The molecule has 2 heterocycles. The number of phenolic OH excluding ortho intramolecular Hbond substituents is 2. The summed E-state index contributed by atoms with van der Waals surface area (Å²) >= 11 is 6.28. The minimum absolute atomic E-state index is 0.0282. The summed E-state index contributed by atoms with van der Waals surface area (Å²) in [5, 5.41) is 64.5. The number of H-pyrrole nitrogens is 1. The Morgan fingerprint density at radius 1 is 0.615 bits per heavy atom. The van der Waals surface area contributed by atoms with Crippen LogP contribution in [0.1, 0.15) is 87.1 Å². The van der Waals surface area contributed by atoms with E-state index in [1.54, 1.807) is 62.5 Å². The second kappa shape index (κ2) is 37.9. The molecule has 1 aliphatic heterocycles. The van der Waals surface area contributed by atoms with Crippen LogP contribution in [-0.2, 0) is 80.0 Å². The maximum Gasteiger partial charge on any atom is 0.245 e. The maximum atomic E-state index is 15.4. The van der Waals surface area contributed by atoms with E-state index in [2.05, 4.69) is 47.5 Å².